The van der Waals surface area contributed by atoms with Gasteiger partial charge in [0, 0.05) is 13.1 Å². The van der Waals surface area contributed by atoms with Crippen LogP contribution in [0.5, 0.6) is 0 Å². The number of nitrogens with zero attached hydrogens (tertiary/aromatic N) is 2. The Labute approximate surface area is 116 Å². The van der Waals surface area contributed by atoms with Gasteiger partial charge in [-0.1, -0.05) is 32.6 Å². The Morgan fingerprint density at radius 3 is 2.32 bits per heavy atom. The van der Waals surface area contributed by atoms with Gasteiger partial charge in [0.05, 0.1) is 6.07 Å². The Morgan fingerprint density at radius 1 is 1.21 bits per heavy atom. The van der Waals surface area contributed by atoms with Gasteiger partial charge in [0.15, 0.2) is 0 Å². The minimum Gasteiger partial charge on any atom is -0.325 e. The molecule has 1 N–H and O–H groups in total. The van der Waals surface area contributed by atoms with Crippen LogP contribution >= 0.6 is 0 Å². The fraction of sp³-hybridized carbons (Fsp3) is 0.867. The van der Waals surface area contributed by atoms with Crippen LogP contribution in [-0.2, 0) is 0 Å². The molecule has 1 saturated heterocycles. The van der Waals surface area contributed by atoms with Gasteiger partial charge in [-0.3, -0.25) is 0 Å². The van der Waals surface area contributed by atoms with Crippen molar-refractivity contribution < 1.29 is 4.79 Å². The van der Waals surface area contributed by atoms with Gasteiger partial charge in [-0.25, -0.2) is 4.79 Å². The van der Waals surface area contributed by atoms with Gasteiger partial charge in [0.25, 0.3) is 0 Å². The van der Waals surface area contributed by atoms with E-state index in [9.17, 15) is 10.1 Å². The molecule has 0 spiro atoms. The summed E-state index contributed by atoms with van der Waals surface area (Å²) in [5.74, 6) is 0.715. The third-order valence-corrected chi connectivity index (χ3v) is 4.59. The quantitative estimate of drug-likeness (QED) is 0.739. The largest absolute Gasteiger partial charge is 0.325 e. The molecule has 4 nitrogen and oxygen atoms in total. The van der Waals surface area contributed by atoms with Crippen molar-refractivity contribution in [1.82, 2.24) is 10.2 Å². The van der Waals surface area contributed by atoms with Gasteiger partial charge in [-0.15, -0.1) is 0 Å². The van der Waals surface area contributed by atoms with Crippen molar-refractivity contribution in [3.63, 3.8) is 0 Å². The monoisotopic (exact) mass is 263 g/mol. The van der Waals surface area contributed by atoms with Crippen LogP contribution in [0.25, 0.3) is 0 Å². The van der Waals surface area contributed by atoms with E-state index < -0.39 is 5.54 Å². The summed E-state index contributed by atoms with van der Waals surface area (Å²) in [5.41, 5.74) is -0.614. The molecule has 1 aliphatic heterocycles. The standard InChI is InChI=1S/C15H25N3O/c1-13-6-10-18(11-7-13)14(19)17-15(12-16)8-4-2-3-5-9-15/h13H,2-11H2,1H3,(H,17,19). The third kappa shape index (κ3) is 3.62. The number of carbonyl (C=O) groups is 1. The predicted octanol–water partition coefficient (Wildman–Crippen LogP) is 3.04. The molecular weight excluding hydrogens is 238 g/mol. The minimum absolute atomic E-state index is 0.0321. The Bertz CT molecular complexity index is 345. The van der Waals surface area contributed by atoms with E-state index in [4.69, 9.17) is 0 Å². The van der Waals surface area contributed by atoms with Crippen LogP contribution in [-0.4, -0.2) is 29.6 Å². The van der Waals surface area contributed by atoms with Crippen LogP contribution in [0.1, 0.15) is 58.3 Å². The van der Waals surface area contributed by atoms with E-state index >= 15 is 0 Å². The van der Waals surface area contributed by atoms with Gasteiger partial charge in [0.1, 0.15) is 5.54 Å². The lowest BCUT2D eigenvalue weighted by Crippen LogP contribution is -2.53. The number of hydrogen-bond donors (Lipinski definition) is 1. The number of rotatable bonds is 1. The van der Waals surface area contributed by atoms with Crippen molar-refractivity contribution in [2.45, 2.75) is 63.8 Å². The van der Waals surface area contributed by atoms with E-state index in [1.165, 1.54) is 12.8 Å². The first-order valence-corrected chi connectivity index (χ1v) is 7.63. The van der Waals surface area contributed by atoms with Gasteiger partial charge in [-0.2, -0.15) is 5.26 Å². The zero-order valence-electron chi connectivity index (χ0n) is 12.0. The van der Waals surface area contributed by atoms with Gasteiger partial charge < -0.3 is 10.2 Å². The second kappa shape index (κ2) is 6.27. The molecule has 1 heterocycles. The summed E-state index contributed by atoms with van der Waals surface area (Å²) in [7, 11) is 0. The number of carbonyl (C=O) groups excluding carboxylic acids is 1. The molecule has 1 saturated carbocycles. The molecule has 2 aliphatic rings. The van der Waals surface area contributed by atoms with Crippen molar-refractivity contribution in [3.05, 3.63) is 0 Å². The van der Waals surface area contributed by atoms with Crippen molar-refractivity contribution in [3.8, 4) is 6.07 Å². The minimum atomic E-state index is -0.614. The lowest BCUT2D eigenvalue weighted by atomic mass is 9.92. The predicted molar refractivity (Wildman–Crippen MR) is 74.5 cm³/mol. The number of urea groups is 1. The second-order valence-electron chi connectivity index (χ2n) is 6.21. The normalized spacial score (nSPS) is 24.3. The molecule has 0 atom stereocenters. The van der Waals surface area contributed by atoms with Crippen molar-refractivity contribution in [2.75, 3.05) is 13.1 Å². The highest BCUT2D eigenvalue weighted by molar-refractivity contribution is 5.75. The van der Waals surface area contributed by atoms with E-state index in [-0.39, 0.29) is 6.03 Å². The smallest absolute Gasteiger partial charge is 0.318 e. The molecule has 106 valence electrons. The summed E-state index contributed by atoms with van der Waals surface area (Å²) in [4.78, 5) is 14.2. The first-order chi connectivity index (χ1) is 9.15. The highest BCUT2D eigenvalue weighted by Crippen LogP contribution is 2.27. The molecule has 0 aromatic rings. The number of nitrogens with one attached hydrogen (secondary N) is 1. The van der Waals surface area contributed by atoms with Crippen LogP contribution in [0, 0.1) is 17.2 Å². The number of likely N-dealkylation sites (tertiary alicyclic amines) is 1. The average molecular weight is 263 g/mol. The Morgan fingerprint density at radius 2 is 1.79 bits per heavy atom. The van der Waals surface area contributed by atoms with E-state index in [1.807, 2.05) is 4.90 Å². The fourth-order valence-corrected chi connectivity index (χ4v) is 3.09. The maximum Gasteiger partial charge on any atom is 0.318 e. The second-order valence-corrected chi connectivity index (χ2v) is 6.21. The van der Waals surface area contributed by atoms with Gasteiger partial charge in [-0.05, 0) is 31.6 Å². The highest BCUT2D eigenvalue weighted by Gasteiger charge is 2.34. The molecule has 0 bridgehead atoms. The first-order valence-electron chi connectivity index (χ1n) is 7.63. The molecule has 2 fully saturated rings. The third-order valence-electron chi connectivity index (χ3n) is 4.59. The topological polar surface area (TPSA) is 56.1 Å². The first kappa shape index (κ1) is 14.2. The maximum absolute atomic E-state index is 12.3. The molecule has 0 aromatic carbocycles. The summed E-state index contributed by atoms with van der Waals surface area (Å²) in [5, 5.41) is 12.5. The van der Waals surface area contributed by atoms with Crippen LogP contribution in [0.2, 0.25) is 0 Å². The van der Waals surface area contributed by atoms with Crippen molar-refractivity contribution >= 4 is 6.03 Å². The fourth-order valence-electron chi connectivity index (χ4n) is 3.09. The number of piperidine rings is 1. The molecule has 2 amide bonds. The van der Waals surface area contributed by atoms with Gasteiger partial charge >= 0.3 is 6.03 Å². The number of amides is 2. The molecular formula is C15H25N3O. The van der Waals surface area contributed by atoms with E-state index in [0.29, 0.717) is 5.92 Å². The SMILES string of the molecule is CC1CCN(C(=O)NC2(C#N)CCCCCC2)CC1. The summed E-state index contributed by atoms with van der Waals surface area (Å²) in [6.07, 6.45) is 8.22. The van der Waals surface area contributed by atoms with E-state index in [0.717, 1.165) is 51.6 Å². The Balaban J connectivity index is 1.94. The van der Waals surface area contributed by atoms with Crippen molar-refractivity contribution in [1.29, 1.82) is 5.26 Å². The molecule has 0 aromatic heterocycles. The lowest BCUT2D eigenvalue weighted by Gasteiger charge is -2.34. The average Bonchev–Trinajstić information content (AvgIpc) is 2.65. The summed E-state index contributed by atoms with van der Waals surface area (Å²) in [6.45, 7) is 3.89. The zero-order chi connectivity index (χ0) is 13.7. The molecule has 2 rings (SSSR count). The number of nitriles is 1. The molecule has 0 radical (unpaired) electrons. The van der Waals surface area contributed by atoms with Crippen LogP contribution in [0.15, 0.2) is 0 Å². The highest BCUT2D eigenvalue weighted by atomic mass is 16.2. The summed E-state index contributed by atoms with van der Waals surface area (Å²) < 4.78 is 0. The van der Waals surface area contributed by atoms with E-state index in [2.05, 4.69) is 18.3 Å². The summed E-state index contributed by atoms with van der Waals surface area (Å²) in [6, 6.07) is 2.35. The number of hydrogen-bond acceptors (Lipinski definition) is 2. The molecule has 0 unspecified atom stereocenters. The van der Waals surface area contributed by atoms with Crippen LogP contribution in [0.3, 0.4) is 0 Å². The summed E-state index contributed by atoms with van der Waals surface area (Å²) >= 11 is 0. The zero-order valence-corrected chi connectivity index (χ0v) is 12.0. The van der Waals surface area contributed by atoms with Crippen LogP contribution < -0.4 is 5.32 Å². The van der Waals surface area contributed by atoms with E-state index in [1.54, 1.807) is 0 Å². The lowest BCUT2D eigenvalue weighted by molar-refractivity contribution is 0.164. The Kier molecular flexibility index (Phi) is 4.68. The van der Waals surface area contributed by atoms with Crippen molar-refractivity contribution in [2.24, 2.45) is 5.92 Å². The van der Waals surface area contributed by atoms with Gasteiger partial charge in [0.2, 0.25) is 0 Å². The van der Waals surface area contributed by atoms with Crippen LogP contribution in [0.4, 0.5) is 4.79 Å². The molecule has 4 heteroatoms. The Hall–Kier alpha value is -1.24. The molecule has 19 heavy (non-hydrogen) atoms. The maximum atomic E-state index is 12.3. The molecule has 1 aliphatic carbocycles.